The van der Waals surface area contributed by atoms with Crippen molar-refractivity contribution in [1.29, 1.82) is 0 Å². The van der Waals surface area contributed by atoms with Crippen LogP contribution < -0.4 is 0 Å². The van der Waals surface area contributed by atoms with E-state index in [2.05, 4.69) is 20.1 Å². The van der Waals surface area contributed by atoms with E-state index in [0.29, 0.717) is 0 Å². The van der Waals surface area contributed by atoms with Crippen LogP contribution in [0, 0.1) is 6.92 Å². The molecule has 0 unspecified atom stereocenters. The van der Waals surface area contributed by atoms with Crippen molar-refractivity contribution in [3.63, 3.8) is 0 Å². The summed E-state index contributed by atoms with van der Waals surface area (Å²) in [5.74, 6) is 0.798. The Hall–Kier alpha value is -2.86. The van der Waals surface area contributed by atoms with Gasteiger partial charge in [-0.2, -0.15) is 5.10 Å². The summed E-state index contributed by atoms with van der Waals surface area (Å²) in [7, 11) is 0. The Bertz CT molecular complexity index is 942. The average molecular weight is 319 g/mol. The van der Waals surface area contributed by atoms with Gasteiger partial charge in [-0.05, 0) is 37.3 Å². The van der Waals surface area contributed by atoms with Crippen LogP contribution >= 0.6 is 11.3 Å². The molecule has 0 aliphatic heterocycles. The van der Waals surface area contributed by atoms with Gasteiger partial charge in [-0.25, -0.2) is 14.6 Å². The lowest BCUT2D eigenvalue weighted by Gasteiger charge is -2.02. The van der Waals surface area contributed by atoms with Crippen LogP contribution in [-0.2, 0) is 0 Å². The molecule has 0 N–H and O–H groups in total. The van der Waals surface area contributed by atoms with Crippen LogP contribution in [0.1, 0.15) is 5.69 Å². The molecule has 0 atom stereocenters. The molecular weight excluding hydrogens is 306 g/mol. The van der Waals surface area contributed by atoms with Gasteiger partial charge >= 0.3 is 0 Å². The van der Waals surface area contributed by atoms with E-state index in [1.165, 1.54) is 0 Å². The van der Waals surface area contributed by atoms with Gasteiger partial charge in [-0.3, -0.25) is 4.98 Å². The molecule has 0 saturated carbocycles. The standard InChI is InChI=1S/C17H13N5S/c1-12-7-9-22(21-12)16-6-2-5-14(20-16)15-11-19-17(23-15)13-4-3-8-18-10-13/h2-11H,1H3. The zero-order valence-corrected chi connectivity index (χ0v) is 13.2. The van der Waals surface area contributed by atoms with E-state index in [1.807, 2.05) is 61.9 Å². The van der Waals surface area contributed by atoms with Crippen LogP contribution in [-0.4, -0.2) is 24.7 Å². The lowest BCUT2D eigenvalue weighted by atomic mass is 10.3. The Labute approximate surface area is 137 Å². The van der Waals surface area contributed by atoms with Crippen LogP contribution in [0.5, 0.6) is 0 Å². The van der Waals surface area contributed by atoms with Gasteiger partial charge in [0.2, 0.25) is 0 Å². The first-order valence-electron chi connectivity index (χ1n) is 7.16. The second kappa shape index (κ2) is 5.73. The molecule has 0 aromatic carbocycles. The fraction of sp³-hybridized carbons (Fsp3) is 0.0588. The molecule has 4 aromatic rings. The predicted molar refractivity (Wildman–Crippen MR) is 90.4 cm³/mol. The molecule has 0 spiro atoms. The minimum atomic E-state index is 0.798. The summed E-state index contributed by atoms with van der Waals surface area (Å²) >= 11 is 1.60. The summed E-state index contributed by atoms with van der Waals surface area (Å²) in [5.41, 5.74) is 2.87. The number of aryl methyl sites for hydroxylation is 1. The maximum atomic E-state index is 4.69. The summed E-state index contributed by atoms with van der Waals surface area (Å²) in [6, 6.07) is 11.8. The van der Waals surface area contributed by atoms with Gasteiger partial charge in [0.15, 0.2) is 5.82 Å². The zero-order chi connectivity index (χ0) is 15.6. The molecule has 5 nitrogen and oxygen atoms in total. The van der Waals surface area contributed by atoms with Crippen LogP contribution in [0.25, 0.3) is 27.0 Å². The third-order valence-corrected chi connectivity index (χ3v) is 4.43. The second-order valence-corrected chi connectivity index (χ2v) is 6.08. The van der Waals surface area contributed by atoms with Crippen molar-refractivity contribution in [2.24, 2.45) is 0 Å². The number of thiazole rings is 1. The quantitative estimate of drug-likeness (QED) is 0.577. The highest BCUT2D eigenvalue weighted by molar-refractivity contribution is 7.18. The van der Waals surface area contributed by atoms with E-state index in [4.69, 9.17) is 0 Å². The van der Waals surface area contributed by atoms with Gasteiger partial charge in [-0.15, -0.1) is 11.3 Å². The van der Waals surface area contributed by atoms with Gasteiger partial charge in [0.05, 0.1) is 16.3 Å². The van der Waals surface area contributed by atoms with Crippen molar-refractivity contribution in [2.45, 2.75) is 6.92 Å². The van der Waals surface area contributed by atoms with Gasteiger partial charge in [0.1, 0.15) is 5.01 Å². The van der Waals surface area contributed by atoms with E-state index >= 15 is 0 Å². The molecular formula is C17H13N5S. The summed E-state index contributed by atoms with van der Waals surface area (Å²) in [6.07, 6.45) is 7.34. The van der Waals surface area contributed by atoms with Crippen molar-refractivity contribution in [1.82, 2.24) is 24.7 Å². The molecule has 0 aliphatic rings. The highest BCUT2D eigenvalue weighted by Crippen LogP contribution is 2.30. The van der Waals surface area contributed by atoms with E-state index in [0.717, 1.165) is 32.7 Å². The van der Waals surface area contributed by atoms with Gasteiger partial charge in [-0.1, -0.05) is 6.07 Å². The zero-order valence-electron chi connectivity index (χ0n) is 12.4. The molecule has 4 heterocycles. The summed E-state index contributed by atoms with van der Waals surface area (Å²) in [4.78, 5) is 14.3. The van der Waals surface area contributed by atoms with Crippen LogP contribution in [0.3, 0.4) is 0 Å². The number of hydrogen-bond acceptors (Lipinski definition) is 5. The molecule has 4 rings (SSSR count). The van der Waals surface area contributed by atoms with Crippen molar-refractivity contribution in [3.05, 3.63) is 66.9 Å². The Balaban J connectivity index is 1.70. The first-order chi connectivity index (χ1) is 11.3. The molecule has 6 heteroatoms. The number of rotatable bonds is 3. The Morgan fingerprint density at radius 1 is 1.04 bits per heavy atom. The highest BCUT2D eigenvalue weighted by atomic mass is 32.1. The predicted octanol–water partition coefficient (Wildman–Crippen LogP) is 3.76. The summed E-state index contributed by atoms with van der Waals surface area (Å²) in [5, 5.41) is 5.34. The van der Waals surface area contributed by atoms with Crippen molar-refractivity contribution >= 4 is 11.3 Å². The number of nitrogens with zero attached hydrogens (tertiary/aromatic N) is 5. The summed E-state index contributed by atoms with van der Waals surface area (Å²) in [6.45, 7) is 1.96. The van der Waals surface area contributed by atoms with Crippen molar-refractivity contribution < 1.29 is 0 Å². The molecule has 0 radical (unpaired) electrons. The number of pyridine rings is 2. The number of hydrogen-bond donors (Lipinski definition) is 0. The highest BCUT2D eigenvalue weighted by Gasteiger charge is 2.09. The van der Waals surface area contributed by atoms with Crippen LogP contribution in [0.2, 0.25) is 0 Å². The fourth-order valence-corrected chi connectivity index (χ4v) is 3.12. The Morgan fingerprint density at radius 3 is 2.78 bits per heavy atom. The van der Waals surface area contributed by atoms with E-state index in [9.17, 15) is 0 Å². The lowest BCUT2D eigenvalue weighted by molar-refractivity contribution is 0.834. The molecule has 0 fully saturated rings. The van der Waals surface area contributed by atoms with E-state index in [1.54, 1.807) is 22.2 Å². The van der Waals surface area contributed by atoms with E-state index < -0.39 is 0 Å². The van der Waals surface area contributed by atoms with Gasteiger partial charge < -0.3 is 0 Å². The van der Waals surface area contributed by atoms with Crippen LogP contribution in [0.4, 0.5) is 0 Å². The normalized spacial score (nSPS) is 10.8. The van der Waals surface area contributed by atoms with Crippen molar-refractivity contribution in [2.75, 3.05) is 0 Å². The topological polar surface area (TPSA) is 56.5 Å². The third-order valence-electron chi connectivity index (χ3n) is 3.36. The molecule has 112 valence electrons. The van der Waals surface area contributed by atoms with Gasteiger partial charge in [0, 0.05) is 30.4 Å². The molecule has 0 aliphatic carbocycles. The minimum absolute atomic E-state index is 0.798. The SMILES string of the molecule is Cc1ccn(-c2cccc(-c3cnc(-c4cccnc4)s3)n2)n1. The minimum Gasteiger partial charge on any atom is -0.264 e. The fourth-order valence-electron chi connectivity index (χ4n) is 2.25. The Kier molecular flexibility index (Phi) is 3.44. The molecule has 4 aromatic heterocycles. The Morgan fingerprint density at radius 2 is 2.00 bits per heavy atom. The molecule has 23 heavy (non-hydrogen) atoms. The molecule has 0 bridgehead atoms. The van der Waals surface area contributed by atoms with Crippen molar-refractivity contribution in [3.8, 4) is 27.0 Å². The largest absolute Gasteiger partial charge is 0.264 e. The lowest BCUT2D eigenvalue weighted by Crippen LogP contribution is -1.98. The van der Waals surface area contributed by atoms with E-state index in [-0.39, 0.29) is 0 Å². The maximum Gasteiger partial charge on any atom is 0.154 e. The monoisotopic (exact) mass is 319 g/mol. The average Bonchev–Trinajstić information content (AvgIpc) is 3.25. The first-order valence-corrected chi connectivity index (χ1v) is 7.97. The smallest absolute Gasteiger partial charge is 0.154 e. The first kappa shape index (κ1) is 13.8. The summed E-state index contributed by atoms with van der Waals surface area (Å²) < 4.78 is 1.78. The third kappa shape index (κ3) is 2.76. The number of aromatic nitrogens is 5. The van der Waals surface area contributed by atoms with Crippen LogP contribution in [0.15, 0.2) is 61.2 Å². The van der Waals surface area contributed by atoms with Gasteiger partial charge in [0.25, 0.3) is 0 Å². The maximum absolute atomic E-state index is 4.69. The molecule has 0 saturated heterocycles. The second-order valence-electron chi connectivity index (χ2n) is 5.05. The molecule has 0 amide bonds.